The van der Waals surface area contributed by atoms with Crippen LogP contribution in [0.5, 0.6) is 0 Å². The lowest BCUT2D eigenvalue weighted by Gasteiger charge is -2.62. The Labute approximate surface area is 174 Å². The second-order valence-corrected chi connectivity index (χ2v) is 11.8. The van der Waals surface area contributed by atoms with Crippen molar-refractivity contribution in [2.24, 2.45) is 45.3 Å². The highest BCUT2D eigenvalue weighted by molar-refractivity contribution is 5.92. The summed E-state index contributed by atoms with van der Waals surface area (Å²) in [4.78, 5) is 26.5. The maximum atomic E-state index is 13.7. The highest BCUT2D eigenvalue weighted by atomic mass is 16.6. The third kappa shape index (κ3) is 1.88. The second kappa shape index (κ2) is 5.55. The normalized spacial score (nSPS) is 53.1. The first-order valence-corrected chi connectivity index (χ1v) is 11.6. The van der Waals surface area contributed by atoms with Gasteiger partial charge in [-0.15, -0.1) is 0 Å². The Hall–Kier alpha value is -1.16. The molecule has 4 nitrogen and oxygen atoms in total. The van der Waals surface area contributed by atoms with E-state index in [4.69, 9.17) is 4.74 Å². The number of esters is 1. The van der Waals surface area contributed by atoms with E-state index in [0.29, 0.717) is 12.3 Å². The van der Waals surface area contributed by atoms with Crippen LogP contribution in [0, 0.1) is 45.3 Å². The molecule has 29 heavy (non-hydrogen) atoms. The standard InChI is InChI=1S/C25H36O4/c1-15(14-26)16-8-10-23(5)17-9-11-25-18(6-7-19(27)21(25,2)3)24(17,20(28)29-25)13-12-22(16,23)4/h9,11,15-18,26H,6-8,10,12-14H2,1-5H3/t15-,16-,17?,18?,22-,23+,24+,25-/m1/s1. The summed E-state index contributed by atoms with van der Waals surface area (Å²) in [5, 5.41) is 9.88. The number of allylic oxidation sites excluding steroid dienone is 1. The van der Waals surface area contributed by atoms with Gasteiger partial charge in [0.15, 0.2) is 0 Å². The van der Waals surface area contributed by atoms with Gasteiger partial charge in [0.25, 0.3) is 0 Å². The van der Waals surface area contributed by atoms with Crippen molar-refractivity contribution in [3.05, 3.63) is 12.2 Å². The van der Waals surface area contributed by atoms with E-state index in [1.54, 1.807) is 0 Å². The van der Waals surface area contributed by atoms with E-state index >= 15 is 0 Å². The molecule has 0 aromatic heterocycles. The average Bonchev–Trinajstić information content (AvgIpc) is 3.03. The van der Waals surface area contributed by atoms with Gasteiger partial charge in [0, 0.05) is 18.9 Å². The maximum Gasteiger partial charge on any atom is 0.314 e. The largest absolute Gasteiger partial charge is 0.453 e. The van der Waals surface area contributed by atoms with Crippen molar-refractivity contribution < 1.29 is 19.4 Å². The summed E-state index contributed by atoms with van der Waals surface area (Å²) in [6, 6.07) is 0. The zero-order valence-corrected chi connectivity index (χ0v) is 18.6. The summed E-state index contributed by atoms with van der Waals surface area (Å²) in [5.41, 5.74) is -1.80. The molecule has 1 saturated heterocycles. The highest BCUT2D eigenvalue weighted by Gasteiger charge is 2.79. The number of aliphatic hydroxyl groups is 1. The third-order valence-corrected chi connectivity index (χ3v) is 11.0. The number of ether oxygens (including phenoxy) is 1. The number of fused-ring (bicyclic) bond motifs is 2. The molecule has 8 atom stereocenters. The van der Waals surface area contributed by atoms with E-state index in [1.807, 2.05) is 13.8 Å². The molecule has 4 heteroatoms. The SMILES string of the molecule is C[C@H](CO)[C@H]1CC[C@@]2(C)C3C=C[C@@]45OC(=O)[C@]3(CC[C@]12C)C4CCC(=O)C5(C)C. The van der Waals surface area contributed by atoms with Crippen LogP contribution in [-0.2, 0) is 14.3 Å². The molecular weight excluding hydrogens is 364 g/mol. The Morgan fingerprint density at radius 1 is 1.10 bits per heavy atom. The summed E-state index contributed by atoms with van der Waals surface area (Å²) in [6.45, 7) is 11.2. The molecule has 1 aliphatic heterocycles. The first kappa shape index (κ1) is 19.8. The number of ketones is 1. The molecule has 5 aliphatic rings. The molecule has 0 aromatic carbocycles. The lowest BCUT2D eigenvalue weighted by molar-refractivity contribution is -0.166. The summed E-state index contributed by atoms with van der Waals surface area (Å²) in [6.07, 6.45) is 9.77. The van der Waals surface area contributed by atoms with Gasteiger partial charge in [0.05, 0.1) is 10.8 Å². The van der Waals surface area contributed by atoms with Crippen LogP contribution in [0.1, 0.15) is 73.1 Å². The van der Waals surface area contributed by atoms with Crippen LogP contribution in [-0.4, -0.2) is 29.1 Å². The van der Waals surface area contributed by atoms with Crippen molar-refractivity contribution in [3.63, 3.8) is 0 Å². The molecule has 0 aromatic rings. The first-order valence-electron chi connectivity index (χ1n) is 11.6. The molecule has 4 fully saturated rings. The van der Waals surface area contributed by atoms with Gasteiger partial charge in [0.1, 0.15) is 11.4 Å². The van der Waals surface area contributed by atoms with E-state index in [2.05, 4.69) is 32.9 Å². The van der Waals surface area contributed by atoms with Crippen molar-refractivity contribution in [1.82, 2.24) is 0 Å². The predicted octanol–water partition coefficient (Wildman–Crippen LogP) is 4.30. The number of hydrogen-bond donors (Lipinski definition) is 1. The topological polar surface area (TPSA) is 63.6 Å². The molecule has 160 valence electrons. The quantitative estimate of drug-likeness (QED) is 0.554. The van der Waals surface area contributed by atoms with Crippen molar-refractivity contribution in [1.29, 1.82) is 0 Å². The van der Waals surface area contributed by atoms with Crippen LogP contribution in [0.3, 0.4) is 0 Å². The Morgan fingerprint density at radius 2 is 1.83 bits per heavy atom. The van der Waals surface area contributed by atoms with E-state index < -0.39 is 16.4 Å². The van der Waals surface area contributed by atoms with E-state index in [-0.39, 0.29) is 46.9 Å². The summed E-state index contributed by atoms with van der Waals surface area (Å²) in [5.74, 6) is 1.18. The zero-order chi connectivity index (χ0) is 21.0. The van der Waals surface area contributed by atoms with Crippen LogP contribution >= 0.6 is 0 Å². The maximum absolute atomic E-state index is 13.7. The second-order valence-electron chi connectivity index (χ2n) is 11.8. The number of carbonyl (C=O) groups excluding carboxylic acids is 2. The van der Waals surface area contributed by atoms with Crippen LogP contribution in [0.15, 0.2) is 12.2 Å². The van der Waals surface area contributed by atoms with Gasteiger partial charge in [-0.05, 0) is 80.6 Å². The minimum atomic E-state index is -0.767. The number of Topliss-reactive ketones (excluding diaryl/α,β-unsaturated/α-hetero) is 1. The van der Waals surface area contributed by atoms with Gasteiger partial charge in [-0.3, -0.25) is 9.59 Å². The van der Waals surface area contributed by atoms with E-state index in [0.717, 1.165) is 32.1 Å². The van der Waals surface area contributed by atoms with E-state index in [1.165, 1.54) is 0 Å². The molecule has 1 N–H and O–H groups in total. The van der Waals surface area contributed by atoms with Crippen LogP contribution < -0.4 is 0 Å². The average molecular weight is 401 g/mol. The number of carbonyl (C=O) groups is 2. The smallest absolute Gasteiger partial charge is 0.314 e. The molecule has 2 bridgehead atoms. The zero-order valence-electron chi connectivity index (χ0n) is 18.6. The molecule has 4 aliphatic carbocycles. The van der Waals surface area contributed by atoms with Gasteiger partial charge in [-0.1, -0.05) is 26.8 Å². The Morgan fingerprint density at radius 3 is 2.52 bits per heavy atom. The van der Waals surface area contributed by atoms with Crippen LogP contribution in [0.2, 0.25) is 0 Å². The first-order chi connectivity index (χ1) is 13.5. The lowest BCUT2D eigenvalue weighted by Crippen LogP contribution is -2.64. The van der Waals surface area contributed by atoms with Crippen molar-refractivity contribution in [2.45, 2.75) is 78.7 Å². The van der Waals surface area contributed by atoms with Crippen LogP contribution in [0.4, 0.5) is 0 Å². The monoisotopic (exact) mass is 400 g/mol. The number of hydrogen-bond acceptors (Lipinski definition) is 4. The molecule has 1 heterocycles. The Bertz CT molecular complexity index is 814. The fraction of sp³-hybridized carbons (Fsp3) is 0.840. The molecule has 2 unspecified atom stereocenters. The van der Waals surface area contributed by atoms with Crippen LogP contribution in [0.25, 0.3) is 0 Å². The summed E-state index contributed by atoms with van der Waals surface area (Å²) >= 11 is 0. The van der Waals surface area contributed by atoms with Gasteiger partial charge < -0.3 is 9.84 Å². The highest BCUT2D eigenvalue weighted by Crippen LogP contribution is 2.77. The van der Waals surface area contributed by atoms with Gasteiger partial charge >= 0.3 is 5.97 Å². The van der Waals surface area contributed by atoms with Crippen molar-refractivity contribution in [2.75, 3.05) is 6.61 Å². The molecule has 3 saturated carbocycles. The van der Waals surface area contributed by atoms with E-state index in [9.17, 15) is 14.7 Å². The predicted molar refractivity (Wildman–Crippen MR) is 110 cm³/mol. The Kier molecular flexibility index (Phi) is 3.78. The van der Waals surface area contributed by atoms with Crippen molar-refractivity contribution >= 4 is 11.8 Å². The fourth-order valence-electron chi connectivity index (χ4n) is 8.98. The molecule has 1 spiro atoms. The number of rotatable bonds is 2. The summed E-state index contributed by atoms with van der Waals surface area (Å²) < 4.78 is 6.26. The molecule has 0 radical (unpaired) electrons. The van der Waals surface area contributed by atoms with Crippen molar-refractivity contribution in [3.8, 4) is 0 Å². The Balaban J connectivity index is 1.66. The number of aliphatic hydroxyl groups excluding tert-OH is 1. The van der Waals surface area contributed by atoms with Gasteiger partial charge in [-0.25, -0.2) is 0 Å². The third-order valence-electron chi connectivity index (χ3n) is 11.0. The molecule has 5 rings (SSSR count). The minimum Gasteiger partial charge on any atom is -0.453 e. The molecular formula is C25H36O4. The molecule has 0 amide bonds. The summed E-state index contributed by atoms with van der Waals surface area (Å²) in [7, 11) is 0. The van der Waals surface area contributed by atoms with Gasteiger partial charge in [-0.2, -0.15) is 0 Å². The fourth-order valence-corrected chi connectivity index (χ4v) is 8.98. The lowest BCUT2D eigenvalue weighted by atomic mass is 9.38. The minimum absolute atomic E-state index is 0.0109. The van der Waals surface area contributed by atoms with Gasteiger partial charge in [0.2, 0.25) is 0 Å².